The normalized spacial score (nSPS) is 23.7. The Balaban J connectivity index is 1.60. The summed E-state index contributed by atoms with van der Waals surface area (Å²) >= 11 is 0. The molecular weight excluding hydrogens is 416 g/mol. The Bertz CT molecular complexity index is 882. The number of hydrogen-bond acceptors (Lipinski definition) is 4. The van der Waals surface area contributed by atoms with E-state index in [9.17, 15) is 14.4 Å². The quantitative estimate of drug-likeness (QED) is 0.641. The SMILES string of the molecule is CC(C)C(C)NC(=O)C1CCN(CN2C(=O)NC(C)(c3ccc(C(C)(C)C)cc3)C2=O)CC1. The fourth-order valence-electron chi connectivity index (χ4n) is 4.37. The highest BCUT2D eigenvalue weighted by Gasteiger charge is 2.49. The minimum absolute atomic E-state index is 0.0165. The van der Waals surface area contributed by atoms with Crippen molar-refractivity contribution in [1.82, 2.24) is 20.4 Å². The minimum Gasteiger partial charge on any atom is -0.353 e. The van der Waals surface area contributed by atoms with Gasteiger partial charge in [0, 0.05) is 25.0 Å². The molecule has 7 nitrogen and oxygen atoms in total. The molecule has 2 saturated heterocycles. The van der Waals surface area contributed by atoms with Crippen molar-refractivity contribution in [2.75, 3.05) is 19.8 Å². The van der Waals surface area contributed by atoms with Crippen molar-refractivity contribution in [2.45, 2.75) is 78.3 Å². The van der Waals surface area contributed by atoms with E-state index in [4.69, 9.17) is 0 Å². The Morgan fingerprint density at radius 2 is 1.70 bits per heavy atom. The topological polar surface area (TPSA) is 81.8 Å². The van der Waals surface area contributed by atoms with Crippen LogP contribution < -0.4 is 10.6 Å². The largest absolute Gasteiger partial charge is 0.353 e. The molecule has 1 aromatic carbocycles. The van der Waals surface area contributed by atoms with Gasteiger partial charge in [0.1, 0.15) is 5.54 Å². The lowest BCUT2D eigenvalue weighted by atomic mass is 9.84. The molecule has 0 aliphatic carbocycles. The van der Waals surface area contributed by atoms with Gasteiger partial charge in [0.05, 0.1) is 6.67 Å². The van der Waals surface area contributed by atoms with E-state index >= 15 is 0 Å². The molecule has 7 heteroatoms. The number of imide groups is 1. The molecule has 2 atom stereocenters. The molecule has 0 aromatic heterocycles. The maximum atomic E-state index is 13.3. The Hall–Kier alpha value is -2.41. The van der Waals surface area contributed by atoms with Crippen LogP contribution in [-0.4, -0.2) is 53.4 Å². The second-order valence-electron chi connectivity index (χ2n) is 11.2. The summed E-state index contributed by atoms with van der Waals surface area (Å²) in [6.07, 6.45) is 1.46. The summed E-state index contributed by atoms with van der Waals surface area (Å²) in [7, 11) is 0. The molecule has 0 radical (unpaired) electrons. The molecule has 33 heavy (non-hydrogen) atoms. The van der Waals surface area contributed by atoms with Crippen LogP contribution in [0, 0.1) is 11.8 Å². The van der Waals surface area contributed by atoms with Crippen molar-refractivity contribution in [2.24, 2.45) is 11.8 Å². The van der Waals surface area contributed by atoms with E-state index in [1.807, 2.05) is 31.2 Å². The molecule has 2 N–H and O–H groups in total. The summed E-state index contributed by atoms with van der Waals surface area (Å²) in [6.45, 7) is 16.0. The predicted molar refractivity (Wildman–Crippen MR) is 129 cm³/mol. The van der Waals surface area contributed by atoms with E-state index < -0.39 is 5.54 Å². The van der Waals surface area contributed by atoms with Gasteiger partial charge in [-0.3, -0.25) is 14.5 Å². The number of carbonyl (C=O) groups excluding carboxylic acids is 3. The molecule has 2 aliphatic heterocycles. The molecule has 1 aromatic rings. The summed E-state index contributed by atoms with van der Waals surface area (Å²) in [4.78, 5) is 42.0. The third-order valence-corrected chi connectivity index (χ3v) is 7.27. The van der Waals surface area contributed by atoms with Crippen molar-refractivity contribution >= 4 is 17.8 Å². The second kappa shape index (κ2) is 9.45. The van der Waals surface area contributed by atoms with E-state index in [1.54, 1.807) is 6.92 Å². The standard InChI is InChI=1S/C26H40N4O3/c1-17(2)18(3)27-22(31)19-12-14-29(15-13-19)16-30-23(32)26(7,28-24(30)33)21-10-8-20(9-11-21)25(4,5)6/h8-11,17-19H,12-16H2,1-7H3,(H,27,31)(H,28,33). The monoisotopic (exact) mass is 456 g/mol. The first-order chi connectivity index (χ1) is 15.3. The first-order valence-electron chi connectivity index (χ1n) is 12.1. The third-order valence-electron chi connectivity index (χ3n) is 7.27. The molecule has 0 spiro atoms. The van der Waals surface area contributed by atoms with Gasteiger partial charge in [0.15, 0.2) is 0 Å². The van der Waals surface area contributed by atoms with E-state index in [2.05, 4.69) is 50.2 Å². The van der Waals surface area contributed by atoms with Gasteiger partial charge in [-0.05, 0) is 49.1 Å². The molecule has 0 bridgehead atoms. The minimum atomic E-state index is -1.07. The van der Waals surface area contributed by atoms with E-state index in [-0.39, 0.29) is 41.9 Å². The highest BCUT2D eigenvalue weighted by Crippen LogP contribution is 2.31. The van der Waals surface area contributed by atoms with Crippen LogP contribution in [0.25, 0.3) is 0 Å². The number of hydrogen-bond donors (Lipinski definition) is 2. The predicted octanol–water partition coefficient (Wildman–Crippen LogP) is 3.58. The van der Waals surface area contributed by atoms with E-state index in [1.165, 1.54) is 10.5 Å². The number of piperidine rings is 1. The second-order valence-corrected chi connectivity index (χ2v) is 11.2. The Labute approximate surface area is 198 Å². The number of carbonyl (C=O) groups is 3. The maximum Gasteiger partial charge on any atom is 0.326 e. The summed E-state index contributed by atoms with van der Waals surface area (Å²) < 4.78 is 0. The number of likely N-dealkylation sites (tertiary alicyclic amines) is 1. The van der Waals surface area contributed by atoms with E-state index in [0.29, 0.717) is 19.0 Å². The fraction of sp³-hybridized carbons (Fsp3) is 0.654. The number of nitrogens with zero attached hydrogens (tertiary/aromatic N) is 2. The lowest BCUT2D eigenvalue weighted by Gasteiger charge is -2.34. The third kappa shape index (κ3) is 5.40. The Morgan fingerprint density at radius 3 is 2.21 bits per heavy atom. The van der Waals surface area contributed by atoms with Crippen molar-refractivity contribution < 1.29 is 14.4 Å². The van der Waals surface area contributed by atoms with Gasteiger partial charge < -0.3 is 10.6 Å². The van der Waals surface area contributed by atoms with Gasteiger partial charge in [0.2, 0.25) is 5.91 Å². The summed E-state index contributed by atoms with van der Waals surface area (Å²) in [6, 6.07) is 7.70. The molecule has 2 aliphatic rings. The molecule has 0 saturated carbocycles. The molecule has 4 amide bonds. The molecule has 2 fully saturated rings. The first-order valence-corrected chi connectivity index (χ1v) is 12.1. The Kier molecular flexibility index (Phi) is 7.22. The van der Waals surface area contributed by atoms with Crippen LogP contribution in [0.4, 0.5) is 4.79 Å². The van der Waals surface area contributed by atoms with E-state index in [0.717, 1.165) is 18.4 Å². The highest BCUT2D eigenvalue weighted by atomic mass is 16.2. The zero-order valence-electron chi connectivity index (χ0n) is 21.2. The van der Waals surface area contributed by atoms with Crippen molar-refractivity contribution in [1.29, 1.82) is 0 Å². The molecular formula is C26H40N4O3. The maximum absolute atomic E-state index is 13.3. The van der Waals surface area contributed by atoms with Crippen molar-refractivity contribution in [3.63, 3.8) is 0 Å². The lowest BCUT2D eigenvalue weighted by Crippen LogP contribution is -2.48. The van der Waals surface area contributed by atoms with Gasteiger partial charge in [-0.25, -0.2) is 9.69 Å². The molecule has 2 unspecified atom stereocenters. The Morgan fingerprint density at radius 1 is 1.12 bits per heavy atom. The zero-order chi connectivity index (χ0) is 24.6. The average Bonchev–Trinajstić information content (AvgIpc) is 2.97. The van der Waals surface area contributed by atoms with Crippen molar-refractivity contribution in [3.8, 4) is 0 Å². The van der Waals surface area contributed by atoms with Gasteiger partial charge in [-0.1, -0.05) is 58.9 Å². The molecule has 3 rings (SSSR count). The lowest BCUT2D eigenvalue weighted by molar-refractivity contribution is -0.133. The number of rotatable bonds is 6. The van der Waals surface area contributed by atoms with Crippen LogP contribution in [0.15, 0.2) is 24.3 Å². The fourth-order valence-corrected chi connectivity index (χ4v) is 4.37. The number of urea groups is 1. The summed E-state index contributed by atoms with van der Waals surface area (Å²) in [5, 5.41) is 6.01. The number of nitrogens with one attached hydrogen (secondary N) is 2. The first kappa shape index (κ1) is 25.2. The van der Waals surface area contributed by atoms with Crippen LogP contribution in [0.2, 0.25) is 0 Å². The van der Waals surface area contributed by atoms with Crippen LogP contribution >= 0.6 is 0 Å². The van der Waals surface area contributed by atoms with Gasteiger partial charge >= 0.3 is 6.03 Å². The van der Waals surface area contributed by atoms with Gasteiger partial charge in [-0.15, -0.1) is 0 Å². The highest BCUT2D eigenvalue weighted by molar-refractivity contribution is 6.07. The average molecular weight is 457 g/mol. The molecule has 2 heterocycles. The summed E-state index contributed by atoms with van der Waals surface area (Å²) in [5.41, 5.74) is 0.910. The van der Waals surface area contributed by atoms with Crippen LogP contribution in [0.5, 0.6) is 0 Å². The summed E-state index contributed by atoms with van der Waals surface area (Å²) in [5.74, 6) is 0.253. The number of benzene rings is 1. The zero-order valence-corrected chi connectivity index (χ0v) is 21.2. The van der Waals surface area contributed by atoms with Gasteiger partial charge in [0.25, 0.3) is 5.91 Å². The molecule has 182 valence electrons. The smallest absolute Gasteiger partial charge is 0.326 e. The van der Waals surface area contributed by atoms with Crippen LogP contribution in [0.1, 0.15) is 72.4 Å². The van der Waals surface area contributed by atoms with Crippen LogP contribution in [-0.2, 0) is 20.5 Å². The number of amides is 4. The van der Waals surface area contributed by atoms with Crippen molar-refractivity contribution in [3.05, 3.63) is 35.4 Å². The van der Waals surface area contributed by atoms with Gasteiger partial charge in [-0.2, -0.15) is 0 Å². The van der Waals surface area contributed by atoms with Crippen LogP contribution in [0.3, 0.4) is 0 Å².